The molecule has 108 valence electrons. The van der Waals surface area contributed by atoms with Crippen molar-refractivity contribution in [3.05, 3.63) is 54.2 Å². The van der Waals surface area contributed by atoms with Crippen LogP contribution in [-0.4, -0.2) is 20.1 Å². The van der Waals surface area contributed by atoms with Gasteiger partial charge in [-0.25, -0.2) is 4.68 Å². The minimum Gasteiger partial charge on any atom is -0.350 e. The third kappa shape index (κ3) is 2.22. The SMILES string of the molecule is O=c1[nH]n(CCBr)c(=O)c2c(=O)c3ccc(Cl)cc3[nH]c12. The van der Waals surface area contributed by atoms with E-state index >= 15 is 0 Å². The van der Waals surface area contributed by atoms with Gasteiger partial charge in [0, 0.05) is 15.7 Å². The Morgan fingerprint density at radius 2 is 2.00 bits per heavy atom. The first-order valence-corrected chi connectivity index (χ1v) is 7.57. The largest absolute Gasteiger partial charge is 0.350 e. The van der Waals surface area contributed by atoms with Gasteiger partial charge in [0.2, 0.25) is 5.43 Å². The second-order valence-electron chi connectivity index (χ2n) is 4.48. The molecule has 3 aromatic rings. The minimum atomic E-state index is -0.526. The van der Waals surface area contributed by atoms with Crippen molar-refractivity contribution in [2.45, 2.75) is 6.54 Å². The fourth-order valence-corrected chi connectivity index (χ4v) is 2.77. The molecule has 0 saturated heterocycles. The van der Waals surface area contributed by atoms with Gasteiger partial charge in [-0.1, -0.05) is 27.5 Å². The molecular formula is C13H9BrClN3O3. The predicted molar refractivity (Wildman–Crippen MR) is 85.8 cm³/mol. The first kappa shape index (κ1) is 14.1. The van der Waals surface area contributed by atoms with Crippen molar-refractivity contribution < 1.29 is 0 Å². The molecule has 0 bridgehead atoms. The molecule has 0 unspecified atom stereocenters. The molecule has 0 spiro atoms. The molecule has 6 nitrogen and oxygen atoms in total. The number of nitrogens with zero attached hydrogens (tertiary/aromatic N) is 1. The molecule has 0 fully saturated rings. The lowest BCUT2D eigenvalue weighted by Crippen LogP contribution is -2.34. The number of rotatable bonds is 2. The maximum atomic E-state index is 12.5. The van der Waals surface area contributed by atoms with Crippen LogP contribution < -0.4 is 16.5 Å². The number of aromatic nitrogens is 3. The van der Waals surface area contributed by atoms with E-state index < -0.39 is 16.5 Å². The van der Waals surface area contributed by atoms with E-state index in [4.69, 9.17) is 11.6 Å². The summed E-state index contributed by atoms with van der Waals surface area (Å²) in [5, 5.41) is 3.53. The highest BCUT2D eigenvalue weighted by atomic mass is 79.9. The fourth-order valence-electron chi connectivity index (χ4n) is 2.24. The highest BCUT2D eigenvalue weighted by molar-refractivity contribution is 9.09. The zero-order chi connectivity index (χ0) is 15.1. The number of aryl methyl sites for hydroxylation is 1. The van der Waals surface area contributed by atoms with E-state index in [1.165, 1.54) is 6.07 Å². The van der Waals surface area contributed by atoms with E-state index in [1.54, 1.807) is 12.1 Å². The molecule has 2 N–H and O–H groups in total. The second-order valence-corrected chi connectivity index (χ2v) is 5.71. The number of nitrogens with one attached hydrogen (secondary N) is 2. The average Bonchev–Trinajstić information content (AvgIpc) is 2.44. The van der Waals surface area contributed by atoms with Crippen LogP contribution in [-0.2, 0) is 6.54 Å². The lowest BCUT2D eigenvalue weighted by molar-refractivity contribution is 0.620. The predicted octanol–water partition coefficient (Wildman–Crippen LogP) is 1.58. The number of hydrogen-bond donors (Lipinski definition) is 2. The van der Waals surface area contributed by atoms with Crippen LogP contribution in [0.15, 0.2) is 32.6 Å². The fraction of sp³-hybridized carbons (Fsp3) is 0.154. The van der Waals surface area contributed by atoms with Crippen LogP contribution in [0.4, 0.5) is 0 Å². The van der Waals surface area contributed by atoms with Crippen LogP contribution in [0.25, 0.3) is 21.8 Å². The number of benzene rings is 1. The Labute approximate surface area is 130 Å². The van der Waals surface area contributed by atoms with Gasteiger partial charge in [-0.2, -0.15) is 0 Å². The molecule has 0 aliphatic rings. The minimum absolute atomic E-state index is 0.0365. The van der Waals surface area contributed by atoms with Crippen LogP contribution in [0.3, 0.4) is 0 Å². The van der Waals surface area contributed by atoms with E-state index in [1.807, 2.05) is 0 Å². The third-order valence-corrected chi connectivity index (χ3v) is 3.78. The van der Waals surface area contributed by atoms with Crippen molar-refractivity contribution in [1.29, 1.82) is 0 Å². The lowest BCUT2D eigenvalue weighted by atomic mass is 10.1. The number of alkyl halides is 1. The van der Waals surface area contributed by atoms with Gasteiger partial charge in [-0.3, -0.25) is 19.5 Å². The Morgan fingerprint density at radius 3 is 2.71 bits per heavy atom. The van der Waals surface area contributed by atoms with Crippen LogP contribution in [0.1, 0.15) is 0 Å². The third-order valence-electron chi connectivity index (χ3n) is 3.19. The molecule has 0 amide bonds. The maximum Gasteiger partial charge on any atom is 0.287 e. The monoisotopic (exact) mass is 369 g/mol. The first-order chi connectivity index (χ1) is 10.0. The van der Waals surface area contributed by atoms with Gasteiger partial charge in [0.1, 0.15) is 10.9 Å². The van der Waals surface area contributed by atoms with Gasteiger partial charge < -0.3 is 4.98 Å². The zero-order valence-corrected chi connectivity index (χ0v) is 12.9. The molecule has 0 atom stereocenters. The lowest BCUT2D eigenvalue weighted by Gasteiger charge is -2.06. The van der Waals surface area contributed by atoms with Gasteiger partial charge >= 0.3 is 0 Å². The first-order valence-electron chi connectivity index (χ1n) is 6.07. The van der Waals surface area contributed by atoms with Crippen molar-refractivity contribution in [3.8, 4) is 0 Å². The van der Waals surface area contributed by atoms with Gasteiger partial charge in [0.25, 0.3) is 11.1 Å². The summed E-state index contributed by atoms with van der Waals surface area (Å²) in [6.07, 6.45) is 0. The number of halogens is 2. The second kappa shape index (κ2) is 5.16. The Hall–Kier alpha value is -1.86. The zero-order valence-electron chi connectivity index (χ0n) is 10.6. The van der Waals surface area contributed by atoms with Crippen molar-refractivity contribution >= 4 is 49.3 Å². The summed E-state index contributed by atoms with van der Waals surface area (Å²) in [5.74, 6) is 0. The van der Waals surface area contributed by atoms with Crippen molar-refractivity contribution in [2.24, 2.45) is 0 Å². The van der Waals surface area contributed by atoms with Crippen LogP contribution >= 0.6 is 27.5 Å². The molecule has 0 saturated carbocycles. The number of hydrogen-bond acceptors (Lipinski definition) is 3. The van der Waals surface area contributed by atoms with Gasteiger partial charge in [0.05, 0.1) is 12.1 Å². The molecule has 0 aliphatic carbocycles. The Morgan fingerprint density at radius 1 is 1.24 bits per heavy atom. The van der Waals surface area contributed by atoms with E-state index in [0.29, 0.717) is 21.3 Å². The summed E-state index contributed by atoms with van der Waals surface area (Å²) in [6.45, 7) is 0.266. The summed E-state index contributed by atoms with van der Waals surface area (Å²) in [6, 6.07) is 4.64. The molecule has 1 aromatic carbocycles. The smallest absolute Gasteiger partial charge is 0.287 e. The number of H-pyrrole nitrogens is 2. The summed E-state index contributed by atoms with van der Waals surface area (Å²) >= 11 is 9.07. The Bertz CT molecular complexity index is 1030. The van der Waals surface area contributed by atoms with Crippen molar-refractivity contribution in [2.75, 3.05) is 5.33 Å². The topological polar surface area (TPSA) is 87.7 Å². The van der Waals surface area contributed by atoms with Crippen LogP contribution in [0, 0.1) is 0 Å². The van der Waals surface area contributed by atoms with E-state index in [9.17, 15) is 14.4 Å². The summed E-state index contributed by atoms with van der Waals surface area (Å²) in [4.78, 5) is 39.7. The molecule has 8 heteroatoms. The van der Waals surface area contributed by atoms with E-state index in [2.05, 4.69) is 26.0 Å². The van der Waals surface area contributed by atoms with Gasteiger partial charge in [0.15, 0.2) is 0 Å². The molecule has 21 heavy (non-hydrogen) atoms. The molecule has 2 heterocycles. The Kier molecular flexibility index (Phi) is 3.46. The summed E-state index contributed by atoms with van der Waals surface area (Å²) in [5.41, 5.74) is -1.14. The molecular weight excluding hydrogens is 362 g/mol. The normalized spacial score (nSPS) is 11.3. The number of aromatic amines is 2. The molecule has 0 aliphatic heterocycles. The molecule has 3 rings (SSSR count). The van der Waals surface area contributed by atoms with E-state index in [0.717, 1.165) is 4.68 Å². The average molecular weight is 371 g/mol. The summed E-state index contributed by atoms with van der Waals surface area (Å²) < 4.78 is 1.12. The van der Waals surface area contributed by atoms with Crippen molar-refractivity contribution in [3.63, 3.8) is 0 Å². The van der Waals surface area contributed by atoms with Gasteiger partial charge in [-0.15, -0.1) is 0 Å². The quantitative estimate of drug-likeness (QED) is 0.530. The van der Waals surface area contributed by atoms with Crippen LogP contribution in [0.5, 0.6) is 0 Å². The van der Waals surface area contributed by atoms with Gasteiger partial charge in [-0.05, 0) is 18.2 Å². The number of fused-ring (bicyclic) bond motifs is 2. The van der Waals surface area contributed by atoms with E-state index in [-0.39, 0.29) is 17.4 Å². The van der Waals surface area contributed by atoms with Crippen molar-refractivity contribution in [1.82, 2.24) is 14.8 Å². The maximum absolute atomic E-state index is 12.5. The standard InChI is InChI=1S/C13H9BrClN3O3/c14-3-4-18-13(21)9-10(12(20)17-18)16-8-5-6(15)1-2-7(8)11(9)19/h1-2,5H,3-4H2,(H,16,19)(H,17,20). The molecule has 0 radical (unpaired) electrons. The highest BCUT2D eigenvalue weighted by Crippen LogP contribution is 2.16. The number of pyridine rings is 1. The Balaban J connectivity index is 2.58. The van der Waals surface area contributed by atoms with Crippen LogP contribution in [0.2, 0.25) is 5.02 Å². The molecule has 2 aromatic heterocycles. The highest BCUT2D eigenvalue weighted by Gasteiger charge is 2.14. The summed E-state index contributed by atoms with van der Waals surface area (Å²) in [7, 11) is 0.